The van der Waals surface area contributed by atoms with Crippen molar-refractivity contribution in [1.82, 2.24) is 4.90 Å². The van der Waals surface area contributed by atoms with Gasteiger partial charge in [-0.15, -0.1) is 0 Å². The molecule has 2 nitrogen and oxygen atoms in total. The van der Waals surface area contributed by atoms with Crippen LogP contribution in [0.4, 0.5) is 4.39 Å². The van der Waals surface area contributed by atoms with E-state index in [0.29, 0.717) is 18.5 Å². The summed E-state index contributed by atoms with van der Waals surface area (Å²) in [5.74, 6) is -0.000622. The zero-order chi connectivity index (χ0) is 13.1. The first-order valence-corrected chi connectivity index (χ1v) is 6.03. The van der Waals surface area contributed by atoms with Crippen molar-refractivity contribution in [3.63, 3.8) is 0 Å². The molecule has 0 aliphatic carbocycles. The van der Waals surface area contributed by atoms with Crippen LogP contribution in [0.3, 0.4) is 0 Å². The van der Waals surface area contributed by atoms with Crippen molar-refractivity contribution >= 4 is 0 Å². The van der Waals surface area contributed by atoms with Gasteiger partial charge in [0.2, 0.25) is 0 Å². The summed E-state index contributed by atoms with van der Waals surface area (Å²) in [7, 11) is 3.88. The summed E-state index contributed by atoms with van der Waals surface area (Å²) in [5, 5.41) is 9.46. The molecule has 3 heteroatoms. The van der Waals surface area contributed by atoms with Crippen LogP contribution < -0.4 is 0 Å². The van der Waals surface area contributed by atoms with E-state index in [1.54, 1.807) is 18.2 Å². The molecule has 0 unspecified atom stereocenters. The molecular weight excluding hydrogens is 217 g/mol. The molecule has 1 aromatic carbocycles. The molecule has 0 spiro atoms. The van der Waals surface area contributed by atoms with Gasteiger partial charge in [-0.2, -0.15) is 0 Å². The molecule has 1 aromatic rings. The molecule has 0 amide bonds. The lowest BCUT2D eigenvalue weighted by molar-refractivity contribution is 0.0658. The molecule has 17 heavy (non-hydrogen) atoms. The number of hydrogen-bond acceptors (Lipinski definition) is 2. The van der Waals surface area contributed by atoms with Gasteiger partial charge in [-0.1, -0.05) is 26.0 Å². The summed E-state index contributed by atoms with van der Waals surface area (Å²) >= 11 is 0. The number of rotatable bonds is 5. The topological polar surface area (TPSA) is 23.5 Å². The fourth-order valence-electron chi connectivity index (χ4n) is 2.29. The fraction of sp³-hybridized carbons (Fsp3) is 0.571. The second-order valence-corrected chi connectivity index (χ2v) is 4.93. The SMILES string of the molecule is CC[C@@](F)(c1cccc(O)c1)[C@@H](C)CN(C)C. The number of phenolic OH excluding ortho intramolecular Hbond substituents is 1. The Bertz CT molecular complexity index is 367. The van der Waals surface area contributed by atoms with Crippen LogP contribution in [-0.4, -0.2) is 30.6 Å². The highest BCUT2D eigenvalue weighted by molar-refractivity contribution is 5.32. The molecule has 0 radical (unpaired) electrons. The van der Waals surface area contributed by atoms with Gasteiger partial charge in [-0.05, 0) is 38.2 Å². The van der Waals surface area contributed by atoms with Gasteiger partial charge < -0.3 is 10.0 Å². The Kier molecular flexibility index (Phi) is 4.52. The van der Waals surface area contributed by atoms with E-state index in [1.165, 1.54) is 6.07 Å². The number of phenols is 1. The van der Waals surface area contributed by atoms with Gasteiger partial charge in [0.15, 0.2) is 0 Å². The van der Waals surface area contributed by atoms with Crippen molar-refractivity contribution in [1.29, 1.82) is 0 Å². The van der Waals surface area contributed by atoms with Crippen molar-refractivity contribution in [3.05, 3.63) is 29.8 Å². The van der Waals surface area contributed by atoms with E-state index < -0.39 is 5.67 Å². The van der Waals surface area contributed by atoms with Crippen molar-refractivity contribution in [2.75, 3.05) is 20.6 Å². The number of aromatic hydroxyl groups is 1. The van der Waals surface area contributed by atoms with Crippen LogP contribution in [0.2, 0.25) is 0 Å². The van der Waals surface area contributed by atoms with E-state index >= 15 is 4.39 Å². The monoisotopic (exact) mass is 239 g/mol. The molecule has 96 valence electrons. The molecule has 0 aliphatic rings. The highest BCUT2D eigenvalue weighted by Crippen LogP contribution is 2.38. The number of halogens is 1. The quantitative estimate of drug-likeness (QED) is 0.853. The van der Waals surface area contributed by atoms with Gasteiger partial charge in [-0.3, -0.25) is 0 Å². The molecule has 0 bridgehead atoms. The zero-order valence-corrected chi connectivity index (χ0v) is 11.1. The predicted molar refractivity (Wildman–Crippen MR) is 68.9 cm³/mol. The molecule has 0 heterocycles. The summed E-state index contributed by atoms with van der Waals surface area (Å²) in [5.41, 5.74) is -0.822. The van der Waals surface area contributed by atoms with Crippen LogP contribution in [0.25, 0.3) is 0 Å². The summed E-state index contributed by atoms with van der Waals surface area (Å²) in [6.45, 7) is 4.43. The number of hydrogen-bond donors (Lipinski definition) is 1. The number of alkyl halides is 1. The lowest BCUT2D eigenvalue weighted by Gasteiger charge is -2.33. The minimum Gasteiger partial charge on any atom is -0.508 e. The molecule has 1 N–H and O–H groups in total. The second-order valence-electron chi connectivity index (χ2n) is 4.93. The average Bonchev–Trinajstić information content (AvgIpc) is 2.27. The third-order valence-electron chi connectivity index (χ3n) is 3.26. The van der Waals surface area contributed by atoms with Gasteiger partial charge >= 0.3 is 0 Å². The highest BCUT2D eigenvalue weighted by Gasteiger charge is 2.36. The standard InChI is InChI=1S/C14H22FNO/c1-5-14(15,11(2)10-16(3)4)12-7-6-8-13(17)9-12/h6-9,11,17H,5,10H2,1-4H3/t11-,14-/m0/s1. The molecule has 0 aliphatic heterocycles. The van der Waals surface area contributed by atoms with E-state index in [0.717, 1.165) is 0 Å². The predicted octanol–water partition coefficient (Wildman–Crippen LogP) is 3.16. The van der Waals surface area contributed by atoms with Crippen LogP contribution in [0.5, 0.6) is 5.75 Å². The smallest absolute Gasteiger partial charge is 0.139 e. The molecular formula is C14H22FNO. The second kappa shape index (κ2) is 5.50. The Balaban J connectivity index is 3.02. The number of nitrogens with zero attached hydrogens (tertiary/aromatic N) is 1. The Hall–Kier alpha value is -1.09. The third-order valence-corrected chi connectivity index (χ3v) is 3.26. The van der Waals surface area contributed by atoms with Crippen LogP contribution in [0.15, 0.2) is 24.3 Å². The highest BCUT2D eigenvalue weighted by atomic mass is 19.1. The average molecular weight is 239 g/mol. The molecule has 2 atom stereocenters. The van der Waals surface area contributed by atoms with Crippen molar-refractivity contribution in [2.45, 2.75) is 25.9 Å². The van der Waals surface area contributed by atoms with E-state index in [1.807, 2.05) is 32.8 Å². The van der Waals surface area contributed by atoms with E-state index in [4.69, 9.17) is 0 Å². The van der Waals surface area contributed by atoms with Gasteiger partial charge in [-0.25, -0.2) is 4.39 Å². The van der Waals surface area contributed by atoms with Crippen LogP contribution in [0, 0.1) is 5.92 Å². The Labute approximate surface area is 103 Å². The molecule has 0 aromatic heterocycles. The Morgan fingerprint density at radius 2 is 2.06 bits per heavy atom. The maximum atomic E-state index is 15.0. The largest absolute Gasteiger partial charge is 0.508 e. The Morgan fingerprint density at radius 1 is 1.41 bits per heavy atom. The van der Waals surface area contributed by atoms with Gasteiger partial charge in [0, 0.05) is 12.5 Å². The molecule has 0 saturated carbocycles. The lowest BCUT2D eigenvalue weighted by Crippen LogP contribution is -2.35. The van der Waals surface area contributed by atoms with Crippen LogP contribution in [-0.2, 0) is 5.67 Å². The fourth-order valence-corrected chi connectivity index (χ4v) is 2.29. The van der Waals surface area contributed by atoms with E-state index in [2.05, 4.69) is 0 Å². The molecule has 0 fully saturated rings. The van der Waals surface area contributed by atoms with Crippen molar-refractivity contribution in [2.24, 2.45) is 5.92 Å². The van der Waals surface area contributed by atoms with E-state index in [-0.39, 0.29) is 11.7 Å². The minimum absolute atomic E-state index is 0.120. The first kappa shape index (κ1) is 14.0. The first-order valence-electron chi connectivity index (χ1n) is 6.03. The molecule has 1 rings (SSSR count). The van der Waals surface area contributed by atoms with Crippen molar-refractivity contribution < 1.29 is 9.50 Å². The van der Waals surface area contributed by atoms with Crippen LogP contribution in [0.1, 0.15) is 25.8 Å². The zero-order valence-electron chi connectivity index (χ0n) is 11.1. The maximum Gasteiger partial charge on any atom is 0.139 e. The van der Waals surface area contributed by atoms with Crippen molar-refractivity contribution in [3.8, 4) is 5.75 Å². The van der Waals surface area contributed by atoms with Gasteiger partial charge in [0.1, 0.15) is 11.4 Å². The summed E-state index contributed by atoms with van der Waals surface area (Å²) in [6, 6.07) is 6.53. The summed E-state index contributed by atoms with van der Waals surface area (Å²) < 4.78 is 15.0. The Morgan fingerprint density at radius 3 is 2.53 bits per heavy atom. The maximum absolute atomic E-state index is 15.0. The summed E-state index contributed by atoms with van der Waals surface area (Å²) in [6.07, 6.45) is 0.408. The normalized spacial score (nSPS) is 16.8. The van der Waals surface area contributed by atoms with E-state index in [9.17, 15) is 5.11 Å². The molecule has 0 saturated heterocycles. The van der Waals surface area contributed by atoms with Gasteiger partial charge in [0.25, 0.3) is 0 Å². The summed E-state index contributed by atoms with van der Waals surface area (Å²) in [4.78, 5) is 1.98. The lowest BCUT2D eigenvalue weighted by atomic mass is 9.81. The first-order chi connectivity index (χ1) is 7.90. The number of benzene rings is 1. The van der Waals surface area contributed by atoms with Gasteiger partial charge in [0.05, 0.1) is 0 Å². The third kappa shape index (κ3) is 3.19. The minimum atomic E-state index is -1.39. The van der Waals surface area contributed by atoms with Crippen LogP contribution >= 0.6 is 0 Å².